The van der Waals surface area contributed by atoms with E-state index in [9.17, 15) is 4.39 Å². The fourth-order valence-electron chi connectivity index (χ4n) is 4.20. The van der Waals surface area contributed by atoms with E-state index in [1.54, 1.807) is 24.5 Å². The third-order valence-corrected chi connectivity index (χ3v) is 7.11. The van der Waals surface area contributed by atoms with Crippen molar-refractivity contribution in [2.24, 2.45) is 0 Å². The molecule has 0 amide bonds. The summed E-state index contributed by atoms with van der Waals surface area (Å²) in [6.07, 6.45) is 5.73. The van der Waals surface area contributed by atoms with E-state index in [2.05, 4.69) is 16.6 Å². The Morgan fingerprint density at radius 2 is 2.15 bits per heavy atom. The van der Waals surface area contributed by atoms with Gasteiger partial charge in [0.25, 0.3) is 0 Å². The van der Waals surface area contributed by atoms with Gasteiger partial charge in [-0.1, -0.05) is 17.7 Å². The van der Waals surface area contributed by atoms with Crippen molar-refractivity contribution in [1.82, 2.24) is 19.7 Å². The van der Waals surface area contributed by atoms with E-state index in [0.29, 0.717) is 35.9 Å². The predicted molar refractivity (Wildman–Crippen MR) is 134 cm³/mol. The van der Waals surface area contributed by atoms with E-state index in [4.69, 9.17) is 26.1 Å². The highest BCUT2D eigenvalue weighted by Gasteiger charge is 2.28. The van der Waals surface area contributed by atoms with Crippen LogP contribution in [0.4, 0.5) is 4.39 Å². The number of rotatable bonds is 9. The van der Waals surface area contributed by atoms with Crippen molar-refractivity contribution < 1.29 is 13.9 Å². The van der Waals surface area contributed by atoms with E-state index in [1.807, 2.05) is 34.6 Å². The molecule has 0 saturated carbocycles. The molecule has 9 heteroatoms. The third-order valence-electron chi connectivity index (χ3n) is 5.89. The van der Waals surface area contributed by atoms with Crippen LogP contribution < -0.4 is 4.74 Å². The van der Waals surface area contributed by atoms with Gasteiger partial charge in [-0.25, -0.2) is 9.37 Å². The molecule has 1 aliphatic heterocycles. The minimum Gasteiger partial charge on any atom is -0.490 e. The van der Waals surface area contributed by atoms with Crippen LogP contribution in [-0.4, -0.2) is 59.6 Å². The van der Waals surface area contributed by atoms with Gasteiger partial charge in [0.15, 0.2) is 0 Å². The number of ether oxygens (including phenoxy) is 2. The Hall–Kier alpha value is -2.78. The number of likely N-dealkylation sites (tertiary alicyclic amines) is 1. The summed E-state index contributed by atoms with van der Waals surface area (Å²) in [5.74, 6) is 0.0625. The molecule has 6 nitrogen and oxygen atoms in total. The predicted octanol–water partition coefficient (Wildman–Crippen LogP) is 5.69. The SMILES string of the molecule is C=CCN1CC(n2cc(-c3nc(Cl)c4ccsc4c3-c3ccc(F)cc3OCCOC)cn2)C1. The second-order valence-corrected chi connectivity index (χ2v) is 9.42. The first-order valence-electron chi connectivity index (χ1n) is 10.9. The van der Waals surface area contributed by atoms with Crippen molar-refractivity contribution in [3.63, 3.8) is 0 Å². The van der Waals surface area contributed by atoms with Crippen LogP contribution >= 0.6 is 22.9 Å². The molecule has 1 fully saturated rings. The molecule has 0 aliphatic carbocycles. The van der Waals surface area contributed by atoms with E-state index in [-0.39, 0.29) is 5.82 Å². The first kappa shape index (κ1) is 23.0. The molecule has 34 heavy (non-hydrogen) atoms. The number of methoxy groups -OCH3 is 1. The summed E-state index contributed by atoms with van der Waals surface area (Å²) >= 11 is 8.15. The number of nitrogens with zero attached hydrogens (tertiary/aromatic N) is 4. The standard InChI is InChI=1S/C25H24ClFN4O2S/c1-3-7-30-14-18(15-30)31-13-16(12-28-31)23-22(24-20(6-10-34-24)25(26)29-23)19-5-4-17(27)11-21(19)33-9-8-32-2/h3-6,10-13,18H,1,7-9,14-15H2,2H3. The number of fused-ring (bicyclic) bond motifs is 1. The quantitative estimate of drug-likeness (QED) is 0.169. The number of hydrogen-bond donors (Lipinski definition) is 0. The van der Waals surface area contributed by atoms with Crippen molar-refractivity contribution in [1.29, 1.82) is 0 Å². The Bertz CT molecular complexity index is 1330. The zero-order valence-electron chi connectivity index (χ0n) is 18.7. The van der Waals surface area contributed by atoms with Crippen molar-refractivity contribution in [3.8, 4) is 28.1 Å². The summed E-state index contributed by atoms with van der Waals surface area (Å²) in [5.41, 5.74) is 3.14. The second kappa shape index (κ2) is 9.84. The average molecular weight is 499 g/mol. The number of pyridine rings is 1. The van der Waals surface area contributed by atoms with Crippen LogP contribution in [0.2, 0.25) is 5.15 Å². The molecule has 1 aliphatic rings. The topological polar surface area (TPSA) is 52.4 Å². The molecule has 0 radical (unpaired) electrons. The first-order chi connectivity index (χ1) is 16.6. The molecule has 0 bridgehead atoms. The molecule has 0 N–H and O–H groups in total. The van der Waals surface area contributed by atoms with Gasteiger partial charge < -0.3 is 9.47 Å². The Morgan fingerprint density at radius 3 is 2.94 bits per heavy atom. The van der Waals surface area contributed by atoms with Crippen LogP contribution in [0.5, 0.6) is 5.75 Å². The highest BCUT2D eigenvalue weighted by atomic mass is 35.5. The maximum absolute atomic E-state index is 14.2. The molecule has 4 aromatic rings. The lowest BCUT2D eigenvalue weighted by Crippen LogP contribution is -2.47. The number of thiophene rings is 1. The van der Waals surface area contributed by atoms with Crippen LogP contribution in [0.1, 0.15) is 6.04 Å². The molecule has 0 atom stereocenters. The van der Waals surface area contributed by atoms with Crippen molar-refractivity contribution in [2.75, 3.05) is 40.0 Å². The summed E-state index contributed by atoms with van der Waals surface area (Å²) in [6, 6.07) is 6.81. The largest absolute Gasteiger partial charge is 0.490 e. The lowest BCUT2D eigenvalue weighted by molar-refractivity contribution is 0.113. The molecule has 4 heterocycles. The van der Waals surface area contributed by atoms with Gasteiger partial charge in [-0.2, -0.15) is 5.10 Å². The highest BCUT2D eigenvalue weighted by Crippen LogP contribution is 2.45. The van der Waals surface area contributed by atoms with Crippen LogP contribution in [-0.2, 0) is 4.74 Å². The molecule has 5 rings (SSSR count). The molecule has 1 aromatic carbocycles. The fraction of sp³-hybridized carbons (Fsp3) is 0.280. The van der Waals surface area contributed by atoms with E-state index in [0.717, 1.165) is 46.4 Å². The first-order valence-corrected chi connectivity index (χ1v) is 12.2. The minimum absolute atomic E-state index is 0.303. The lowest BCUT2D eigenvalue weighted by Gasteiger charge is -2.38. The van der Waals surface area contributed by atoms with Crippen molar-refractivity contribution >= 4 is 33.0 Å². The Kier molecular flexibility index (Phi) is 6.65. The molecule has 1 saturated heterocycles. The summed E-state index contributed by atoms with van der Waals surface area (Å²) in [5, 5.41) is 7.87. The van der Waals surface area contributed by atoms with E-state index >= 15 is 0 Å². The van der Waals surface area contributed by atoms with Gasteiger partial charge in [-0.05, 0) is 23.6 Å². The third kappa shape index (κ3) is 4.34. The number of aromatic nitrogens is 3. The monoisotopic (exact) mass is 498 g/mol. The normalized spacial score (nSPS) is 14.4. The van der Waals surface area contributed by atoms with Gasteiger partial charge in [0.1, 0.15) is 23.3 Å². The number of hydrogen-bond acceptors (Lipinski definition) is 6. The van der Waals surface area contributed by atoms with E-state index in [1.165, 1.54) is 12.1 Å². The Labute approximate surface area is 206 Å². The average Bonchev–Trinajstić information content (AvgIpc) is 3.47. The zero-order chi connectivity index (χ0) is 23.7. The zero-order valence-corrected chi connectivity index (χ0v) is 20.3. The molecule has 0 spiro atoms. The van der Waals surface area contributed by atoms with Crippen LogP contribution in [0.25, 0.3) is 32.5 Å². The number of halogens is 2. The smallest absolute Gasteiger partial charge is 0.138 e. The van der Waals surface area contributed by atoms with Crippen LogP contribution in [0.15, 0.2) is 54.7 Å². The second-order valence-electron chi connectivity index (χ2n) is 8.14. The van der Waals surface area contributed by atoms with Gasteiger partial charge in [-0.3, -0.25) is 9.58 Å². The minimum atomic E-state index is -0.371. The Morgan fingerprint density at radius 1 is 1.29 bits per heavy atom. The molecule has 176 valence electrons. The molecular formula is C25H24ClFN4O2S. The maximum atomic E-state index is 14.2. The maximum Gasteiger partial charge on any atom is 0.138 e. The number of benzene rings is 1. The van der Waals surface area contributed by atoms with Crippen molar-refractivity contribution in [2.45, 2.75) is 6.04 Å². The van der Waals surface area contributed by atoms with Crippen LogP contribution in [0.3, 0.4) is 0 Å². The van der Waals surface area contributed by atoms with Gasteiger partial charge in [0, 0.05) is 65.8 Å². The summed E-state index contributed by atoms with van der Waals surface area (Å²) in [4.78, 5) is 7.07. The molecule has 3 aromatic heterocycles. The summed E-state index contributed by atoms with van der Waals surface area (Å²) < 4.78 is 28.1. The fourth-order valence-corrected chi connectivity index (χ4v) is 5.46. The summed E-state index contributed by atoms with van der Waals surface area (Å²) in [7, 11) is 1.60. The molecular weight excluding hydrogens is 475 g/mol. The van der Waals surface area contributed by atoms with E-state index < -0.39 is 0 Å². The van der Waals surface area contributed by atoms with Crippen LogP contribution in [0, 0.1) is 5.82 Å². The van der Waals surface area contributed by atoms with Gasteiger partial charge in [0.05, 0.1) is 24.5 Å². The lowest BCUT2D eigenvalue weighted by atomic mass is 9.99. The highest BCUT2D eigenvalue weighted by molar-refractivity contribution is 7.18. The molecule has 0 unspecified atom stereocenters. The van der Waals surface area contributed by atoms with Gasteiger partial charge in [0.2, 0.25) is 0 Å². The van der Waals surface area contributed by atoms with Crippen molar-refractivity contribution in [3.05, 3.63) is 65.7 Å². The van der Waals surface area contributed by atoms with Gasteiger partial charge in [-0.15, -0.1) is 17.9 Å². The van der Waals surface area contributed by atoms with Gasteiger partial charge >= 0.3 is 0 Å². The Balaban J connectivity index is 1.60. The summed E-state index contributed by atoms with van der Waals surface area (Å²) in [6.45, 7) is 7.22.